The van der Waals surface area contributed by atoms with E-state index in [2.05, 4.69) is 10.3 Å². The molecule has 3 aromatic rings. The third-order valence-electron chi connectivity index (χ3n) is 3.64. The number of hydrogen-bond acceptors (Lipinski definition) is 4. The molecule has 1 amide bonds. The summed E-state index contributed by atoms with van der Waals surface area (Å²) in [4.78, 5) is 17.2. The number of thiophene rings is 1. The molecule has 0 atom stereocenters. The van der Waals surface area contributed by atoms with Gasteiger partial charge in [0.15, 0.2) is 5.69 Å². The van der Waals surface area contributed by atoms with Crippen molar-refractivity contribution >= 4 is 38.8 Å². The average Bonchev–Trinajstić information content (AvgIpc) is 2.85. The van der Waals surface area contributed by atoms with Crippen LogP contribution in [-0.2, 0) is 0 Å². The summed E-state index contributed by atoms with van der Waals surface area (Å²) >= 11 is 1.37. The Labute approximate surface area is 138 Å². The van der Waals surface area contributed by atoms with Crippen molar-refractivity contribution in [2.75, 3.05) is 18.2 Å². The Morgan fingerprint density at radius 3 is 2.61 bits per heavy atom. The predicted molar refractivity (Wildman–Crippen MR) is 93.2 cm³/mol. The van der Waals surface area contributed by atoms with Crippen molar-refractivity contribution in [3.05, 3.63) is 46.5 Å². The molecular formula is C17H18N3O2S+. The van der Waals surface area contributed by atoms with Crippen LogP contribution in [0.4, 0.5) is 11.4 Å². The Kier molecular flexibility index (Phi) is 3.92. The highest BCUT2D eigenvalue weighted by Gasteiger charge is 2.22. The standard InChI is InChI=1S/C17H17N3O2S/c1-9-8-10(2)19-17-13(9)14(18)15(23-17)16(21)20-11-4-6-12(22-3)7-5-11/h4-8H,18H2,1-3H3,(H,20,21)/p+1. The zero-order chi connectivity index (χ0) is 16.6. The summed E-state index contributed by atoms with van der Waals surface area (Å²) < 4.78 is 5.11. The van der Waals surface area contributed by atoms with E-state index in [-0.39, 0.29) is 5.91 Å². The predicted octanol–water partition coefficient (Wildman–Crippen LogP) is 3.18. The van der Waals surface area contributed by atoms with E-state index in [4.69, 9.17) is 10.5 Å². The van der Waals surface area contributed by atoms with Crippen molar-refractivity contribution in [2.24, 2.45) is 0 Å². The topological polar surface area (TPSA) is 78.5 Å². The van der Waals surface area contributed by atoms with Gasteiger partial charge in [0.05, 0.1) is 18.2 Å². The van der Waals surface area contributed by atoms with E-state index in [1.165, 1.54) is 11.3 Å². The number of nitrogens with one attached hydrogen (secondary N) is 2. The first kappa shape index (κ1) is 15.3. The second kappa shape index (κ2) is 5.89. The van der Waals surface area contributed by atoms with Crippen LogP contribution in [-0.4, -0.2) is 13.0 Å². The fourth-order valence-electron chi connectivity index (χ4n) is 2.57. The molecule has 118 valence electrons. The maximum atomic E-state index is 12.5. The minimum atomic E-state index is -0.209. The molecule has 0 fully saturated rings. The van der Waals surface area contributed by atoms with Crippen molar-refractivity contribution in [1.82, 2.24) is 0 Å². The molecule has 0 unspecified atom stereocenters. The van der Waals surface area contributed by atoms with Gasteiger partial charge in [-0.1, -0.05) is 11.3 Å². The number of aromatic amines is 1. The number of ether oxygens (including phenoxy) is 1. The number of fused-ring (bicyclic) bond motifs is 1. The van der Waals surface area contributed by atoms with Crippen LogP contribution in [0.2, 0.25) is 0 Å². The number of H-pyrrole nitrogens is 1. The maximum absolute atomic E-state index is 12.5. The van der Waals surface area contributed by atoms with Crippen LogP contribution < -0.4 is 20.8 Å². The second-order valence-electron chi connectivity index (χ2n) is 5.37. The van der Waals surface area contributed by atoms with Gasteiger partial charge in [-0.3, -0.25) is 4.79 Å². The fraction of sp³-hybridized carbons (Fsp3) is 0.176. The van der Waals surface area contributed by atoms with Gasteiger partial charge in [0.1, 0.15) is 10.6 Å². The first-order valence-electron chi connectivity index (χ1n) is 7.16. The smallest absolute Gasteiger partial charge is 0.270 e. The van der Waals surface area contributed by atoms with Crippen LogP contribution in [0.3, 0.4) is 0 Å². The summed E-state index contributed by atoms with van der Waals surface area (Å²) in [6.07, 6.45) is 0. The minimum absolute atomic E-state index is 0.209. The van der Waals surface area contributed by atoms with Gasteiger partial charge in [-0.05, 0) is 36.8 Å². The molecule has 23 heavy (non-hydrogen) atoms. The van der Waals surface area contributed by atoms with E-state index in [1.807, 2.05) is 19.9 Å². The van der Waals surface area contributed by atoms with Gasteiger partial charge >= 0.3 is 0 Å². The number of aryl methyl sites for hydroxylation is 2. The molecular weight excluding hydrogens is 310 g/mol. The molecule has 0 aliphatic carbocycles. The Morgan fingerprint density at radius 2 is 1.96 bits per heavy atom. The minimum Gasteiger partial charge on any atom is -0.497 e. The zero-order valence-corrected chi connectivity index (χ0v) is 14.0. The van der Waals surface area contributed by atoms with E-state index in [9.17, 15) is 4.79 Å². The highest BCUT2D eigenvalue weighted by atomic mass is 32.1. The SMILES string of the molecule is COc1ccc(NC(=O)c2sc3[nH+]c(C)cc(C)c3c2N)cc1. The normalized spacial score (nSPS) is 10.7. The molecule has 0 aliphatic rings. The first-order valence-corrected chi connectivity index (χ1v) is 7.98. The van der Waals surface area contributed by atoms with Gasteiger partial charge in [0, 0.05) is 18.7 Å². The van der Waals surface area contributed by atoms with Gasteiger partial charge in [-0.25, -0.2) is 0 Å². The lowest BCUT2D eigenvalue weighted by atomic mass is 10.1. The molecule has 5 nitrogen and oxygen atoms in total. The second-order valence-corrected chi connectivity index (χ2v) is 6.39. The average molecular weight is 328 g/mol. The van der Waals surface area contributed by atoms with Crippen LogP contribution in [0.1, 0.15) is 20.9 Å². The van der Waals surface area contributed by atoms with Crippen molar-refractivity contribution in [3.63, 3.8) is 0 Å². The molecule has 0 bridgehead atoms. The number of nitrogens with two attached hydrogens (primary N) is 1. The number of pyridine rings is 1. The Morgan fingerprint density at radius 1 is 1.26 bits per heavy atom. The quantitative estimate of drug-likeness (QED) is 0.775. The molecule has 0 spiro atoms. The molecule has 0 saturated heterocycles. The largest absolute Gasteiger partial charge is 0.497 e. The number of carbonyl (C=O) groups excluding carboxylic acids is 1. The fourth-order valence-corrected chi connectivity index (χ4v) is 3.71. The van der Waals surface area contributed by atoms with Crippen LogP contribution in [0.15, 0.2) is 30.3 Å². The number of aromatic nitrogens is 1. The van der Waals surface area contributed by atoms with Gasteiger partial charge in [-0.15, -0.1) is 0 Å². The van der Waals surface area contributed by atoms with E-state index >= 15 is 0 Å². The molecule has 4 N–H and O–H groups in total. The number of carbonyl (C=O) groups is 1. The third kappa shape index (κ3) is 2.85. The van der Waals surface area contributed by atoms with Crippen LogP contribution in [0, 0.1) is 13.8 Å². The van der Waals surface area contributed by atoms with Crippen LogP contribution in [0.5, 0.6) is 5.75 Å². The van der Waals surface area contributed by atoms with E-state index in [0.29, 0.717) is 16.3 Å². The van der Waals surface area contributed by atoms with Crippen LogP contribution in [0.25, 0.3) is 10.2 Å². The van der Waals surface area contributed by atoms with Gasteiger partial charge < -0.3 is 15.8 Å². The lowest BCUT2D eigenvalue weighted by molar-refractivity contribution is -0.351. The summed E-state index contributed by atoms with van der Waals surface area (Å²) in [5, 5.41) is 3.78. The molecule has 0 saturated carbocycles. The molecule has 3 rings (SSSR count). The van der Waals surface area contributed by atoms with Crippen molar-refractivity contribution < 1.29 is 14.5 Å². The summed E-state index contributed by atoms with van der Waals surface area (Å²) in [6.45, 7) is 3.98. The molecule has 1 aromatic carbocycles. The molecule has 2 heterocycles. The molecule has 0 radical (unpaired) electrons. The van der Waals surface area contributed by atoms with Gasteiger partial charge in [0.25, 0.3) is 10.7 Å². The van der Waals surface area contributed by atoms with Gasteiger partial charge in [-0.2, -0.15) is 4.98 Å². The summed E-state index contributed by atoms with van der Waals surface area (Å²) in [5.41, 5.74) is 9.52. The first-order chi connectivity index (χ1) is 11.0. The third-order valence-corrected chi connectivity index (χ3v) is 4.76. The van der Waals surface area contributed by atoms with Crippen molar-refractivity contribution in [3.8, 4) is 5.75 Å². The zero-order valence-electron chi connectivity index (χ0n) is 13.2. The highest BCUT2D eigenvalue weighted by Crippen LogP contribution is 2.34. The molecule has 6 heteroatoms. The number of rotatable bonds is 3. The Bertz CT molecular complexity index is 885. The summed E-state index contributed by atoms with van der Waals surface area (Å²) in [7, 11) is 1.60. The number of methoxy groups -OCH3 is 1. The number of hydrogen-bond donors (Lipinski definition) is 2. The van der Waals surface area contributed by atoms with E-state index in [1.54, 1.807) is 31.4 Å². The Balaban J connectivity index is 1.94. The Hall–Kier alpha value is -2.60. The highest BCUT2D eigenvalue weighted by molar-refractivity contribution is 7.20. The van der Waals surface area contributed by atoms with Crippen molar-refractivity contribution in [1.29, 1.82) is 0 Å². The lowest BCUT2D eigenvalue weighted by Crippen LogP contribution is -2.11. The monoisotopic (exact) mass is 328 g/mol. The van der Waals surface area contributed by atoms with Crippen molar-refractivity contribution in [2.45, 2.75) is 13.8 Å². The summed E-state index contributed by atoms with van der Waals surface area (Å²) in [5.74, 6) is 0.532. The maximum Gasteiger partial charge on any atom is 0.270 e. The van der Waals surface area contributed by atoms with Crippen LogP contribution >= 0.6 is 11.3 Å². The van der Waals surface area contributed by atoms with E-state index in [0.717, 1.165) is 27.2 Å². The number of nitrogen functional groups attached to an aromatic ring is 1. The molecule has 0 aliphatic heterocycles. The number of anilines is 2. The number of amides is 1. The summed E-state index contributed by atoms with van der Waals surface area (Å²) in [6, 6.07) is 9.20. The lowest BCUT2D eigenvalue weighted by Gasteiger charge is -2.05. The van der Waals surface area contributed by atoms with E-state index < -0.39 is 0 Å². The van der Waals surface area contributed by atoms with Gasteiger partial charge in [0.2, 0.25) is 0 Å². The number of benzene rings is 1. The molecule has 2 aromatic heterocycles.